The van der Waals surface area contributed by atoms with Gasteiger partial charge in [0.15, 0.2) is 0 Å². The second kappa shape index (κ2) is 8.11. The van der Waals surface area contributed by atoms with E-state index in [1.807, 2.05) is 13.0 Å². The normalized spacial score (nSPS) is 15.0. The number of nitrogens with one attached hydrogen (secondary N) is 1. The number of rotatable bonds is 7. The number of aryl methyl sites for hydroxylation is 1. The molecule has 1 aromatic rings. The van der Waals surface area contributed by atoms with Crippen molar-refractivity contribution in [2.75, 3.05) is 18.0 Å². The zero-order valence-electron chi connectivity index (χ0n) is 14.1. The summed E-state index contributed by atoms with van der Waals surface area (Å²) in [4.78, 5) is 23.5. The Balaban J connectivity index is 2.15. The van der Waals surface area contributed by atoms with Gasteiger partial charge in [0, 0.05) is 25.2 Å². The molecule has 1 aromatic heterocycles. The molecule has 0 unspecified atom stereocenters. The minimum atomic E-state index is -0.0633. The van der Waals surface area contributed by atoms with Crippen LogP contribution in [0.3, 0.4) is 0 Å². The van der Waals surface area contributed by atoms with Gasteiger partial charge in [0.2, 0.25) is 0 Å². The average molecular weight is 304 g/mol. The van der Waals surface area contributed by atoms with E-state index in [-0.39, 0.29) is 5.91 Å². The largest absolute Gasteiger partial charge is 0.357 e. The summed E-state index contributed by atoms with van der Waals surface area (Å²) in [7, 11) is 0. The Hall–Kier alpha value is -1.65. The van der Waals surface area contributed by atoms with Crippen LogP contribution in [0.2, 0.25) is 0 Å². The van der Waals surface area contributed by atoms with E-state index in [0.717, 1.165) is 44.6 Å². The Labute approximate surface area is 133 Å². The smallest absolute Gasteiger partial charge is 0.270 e. The van der Waals surface area contributed by atoms with Gasteiger partial charge < -0.3 is 10.2 Å². The number of amides is 1. The topological polar surface area (TPSA) is 58.1 Å². The SMILES string of the molecule is CCCN(CCC)c1cc(C(=O)NC2CCCC2)nc(C)n1. The molecule has 1 fully saturated rings. The zero-order chi connectivity index (χ0) is 15.9. The first kappa shape index (κ1) is 16.7. The molecule has 122 valence electrons. The summed E-state index contributed by atoms with van der Waals surface area (Å²) in [5.41, 5.74) is 0.492. The van der Waals surface area contributed by atoms with E-state index < -0.39 is 0 Å². The lowest BCUT2D eigenvalue weighted by Crippen LogP contribution is -2.34. The van der Waals surface area contributed by atoms with Crippen molar-refractivity contribution in [2.24, 2.45) is 0 Å². The van der Waals surface area contributed by atoms with Gasteiger partial charge in [-0.25, -0.2) is 9.97 Å². The first-order valence-corrected chi connectivity index (χ1v) is 8.55. The first-order valence-electron chi connectivity index (χ1n) is 8.55. The maximum absolute atomic E-state index is 12.4. The van der Waals surface area contributed by atoms with Crippen LogP contribution in [0.1, 0.15) is 68.7 Å². The molecule has 1 N–H and O–H groups in total. The molecule has 5 heteroatoms. The summed E-state index contributed by atoms with van der Waals surface area (Å²) in [6.07, 6.45) is 6.71. The van der Waals surface area contributed by atoms with Crippen molar-refractivity contribution in [1.29, 1.82) is 0 Å². The predicted octanol–water partition coefficient (Wildman–Crippen LogP) is 3.08. The van der Waals surface area contributed by atoms with Crippen molar-refractivity contribution >= 4 is 11.7 Å². The highest BCUT2D eigenvalue weighted by molar-refractivity contribution is 5.93. The van der Waals surface area contributed by atoms with Crippen molar-refractivity contribution in [1.82, 2.24) is 15.3 Å². The number of aromatic nitrogens is 2. The molecule has 0 spiro atoms. The Morgan fingerprint density at radius 3 is 2.45 bits per heavy atom. The maximum Gasteiger partial charge on any atom is 0.270 e. The molecule has 1 aliphatic carbocycles. The molecule has 22 heavy (non-hydrogen) atoms. The number of carbonyl (C=O) groups is 1. The van der Waals surface area contributed by atoms with Gasteiger partial charge in [0.05, 0.1) is 0 Å². The van der Waals surface area contributed by atoms with Crippen LogP contribution in [0.4, 0.5) is 5.82 Å². The van der Waals surface area contributed by atoms with E-state index in [1.54, 1.807) is 0 Å². The van der Waals surface area contributed by atoms with Crippen LogP contribution < -0.4 is 10.2 Å². The quantitative estimate of drug-likeness (QED) is 0.841. The summed E-state index contributed by atoms with van der Waals surface area (Å²) >= 11 is 0. The molecule has 2 rings (SSSR count). The summed E-state index contributed by atoms with van der Waals surface area (Å²) in [5, 5.41) is 3.10. The molecule has 5 nitrogen and oxygen atoms in total. The van der Waals surface area contributed by atoms with Gasteiger partial charge >= 0.3 is 0 Å². The van der Waals surface area contributed by atoms with E-state index in [4.69, 9.17) is 0 Å². The lowest BCUT2D eigenvalue weighted by molar-refractivity contribution is 0.0932. The molecule has 1 aliphatic rings. The molecule has 0 aliphatic heterocycles. The van der Waals surface area contributed by atoms with Gasteiger partial charge in [-0.1, -0.05) is 26.7 Å². The molecule has 1 amide bonds. The Morgan fingerprint density at radius 1 is 1.23 bits per heavy atom. The van der Waals surface area contributed by atoms with Crippen LogP contribution >= 0.6 is 0 Å². The summed E-state index contributed by atoms with van der Waals surface area (Å²) < 4.78 is 0. The highest BCUT2D eigenvalue weighted by Crippen LogP contribution is 2.19. The zero-order valence-corrected chi connectivity index (χ0v) is 14.1. The van der Waals surface area contributed by atoms with Crippen molar-refractivity contribution in [2.45, 2.75) is 65.3 Å². The van der Waals surface area contributed by atoms with Gasteiger partial charge in [-0.15, -0.1) is 0 Å². The van der Waals surface area contributed by atoms with Crippen LogP contribution in [-0.2, 0) is 0 Å². The number of carbonyl (C=O) groups excluding carboxylic acids is 1. The third-order valence-electron chi connectivity index (χ3n) is 4.06. The molecule has 0 aromatic carbocycles. The molecule has 0 radical (unpaired) electrons. The van der Waals surface area contributed by atoms with Crippen molar-refractivity contribution in [3.8, 4) is 0 Å². The molecule has 1 heterocycles. The Bertz CT molecular complexity index is 491. The summed E-state index contributed by atoms with van der Waals surface area (Å²) in [6.45, 7) is 8.07. The second-order valence-electron chi connectivity index (χ2n) is 6.10. The molecule has 0 atom stereocenters. The highest BCUT2D eigenvalue weighted by Gasteiger charge is 2.20. The fraction of sp³-hybridized carbons (Fsp3) is 0.706. The van der Waals surface area contributed by atoms with E-state index in [2.05, 4.69) is 34.0 Å². The first-order chi connectivity index (χ1) is 10.6. The number of nitrogens with zero attached hydrogens (tertiary/aromatic N) is 3. The van der Waals surface area contributed by atoms with Crippen LogP contribution in [0.5, 0.6) is 0 Å². The van der Waals surface area contributed by atoms with Gasteiger partial charge in [0.25, 0.3) is 5.91 Å². The fourth-order valence-corrected chi connectivity index (χ4v) is 3.04. The van der Waals surface area contributed by atoms with Crippen LogP contribution in [-0.4, -0.2) is 35.0 Å². The minimum absolute atomic E-state index is 0.0633. The molecular formula is C17H28N4O. The number of hydrogen-bond acceptors (Lipinski definition) is 4. The Morgan fingerprint density at radius 2 is 1.86 bits per heavy atom. The van der Waals surface area contributed by atoms with Crippen LogP contribution in [0.25, 0.3) is 0 Å². The van der Waals surface area contributed by atoms with Gasteiger partial charge in [0.1, 0.15) is 17.3 Å². The van der Waals surface area contributed by atoms with Crippen LogP contribution in [0, 0.1) is 6.92 Å². The van der Waals surface area contributed by atoms with E-state index in [1.165, 1.54) is 12.8 Å². The van der Waals surface area contributed by atoms with E-state index >= 15 is 0 Å². The lowest BCUT2D eigenvalue weighted by atomic mass is 10.2. The molecule has 0 bridgehead atoms. The van der Waals surface area contributed by atoms with Crippen molar-refractivity contribution in [3.05, 3.63) is 17.6 Å². The number of anilines is 1. The summed E-state index contributed by atoms with van der Waals surface area (Å²) in [6, 6.07) is 2.15. The monoisotopic (exact) mass is 304 g/mol. The molecule has 0 saturated heterocycles. The molecule has 1 saturated carbocycles. The summed E-state index contributed by atoms with van der Waals surface area (Å²) in [5.74, 6) is 1.46. The van der Waals surface area contributed by atoms with E-state index in [9.17, 15) is 4.79 Å². The lowest BCUT2D eigenvalue weighted by Gasteiger charge is -2.23. The fourth-order valence-electron chi connectivity index (χ4n) is 3.04. The van der Waals surface area contributed by atoms with Crippen LogP contribution in [0.15, 0.2) is 6.07 Å². The average Bonchev–Trinajstić information content (AvgIpc) is 2.99. The minimum Gasteiger partial charge on any atom is -0.357 e. The van der Waals surface area contributed by atoms with Crippen molar-refractivity contribution < 1.29 is 4.79 Å². The number of hydrogen-bond donors (Lipinski definition) is 1. The van der Waals surface area contributed by atoms with E-state index in [0.29, 0.717) is 17.6 Å². The maximum atomic E-state index is 12.4. The van der Waals surface area contributed by atoms with Gasteiger partial charge in [-0.2, -0.15) is 0 Å². The standard InChI is InChI=1S/C17H28N4O/c1-4-10-21(11-5-2)16-12-15(18-13(3)19-16)17(22)20-14-8-6-7-9-14/h12,14H,4-11H2,1-3H3,(H,20,22). The third-order valence-corrected chi connectivity index (χ3v) is 4.06. The van der Waals surface area contributed by atoms with Gasteiger partial charge in [-0.05, 0) is 32.6 Å². The third kappa shape index (κ3) is 4.42. The molecular weight excluding hydrogens is 276 g/mol. The Kier molecular flexibility index (Phi) is 6.16. The van der Waals surface area contributed by atoms with Gasteiger partial charge in [-0.3, -0.25) is 4.79 Å². The second-order valence-corrected chi connectivity index (χ2v) is 6.10. The van der Waals surface area contributed by atoms with Crippen molar-refractivity contribution in [3.63, 3.8) is 0 Å². The predicted molar refractivity (Wildman–Crippen MR) is 89.3 cm³/mol. The highest BCUT2D eigenvalue weighted by atomic mass is 16.1.